The summed E-state index contributed by atoms with van der Waals surface area (Å²) in [6, 6.07) is 5.90. The highest BCUT2D eigenvalue weighted by Gasteiger charge is 2.47. The number of methoxy groups -OCH3 is 1. The zero-order chi connectivity index (χ0) is 12.6. The molecule has 0 radical (unpaired) electrons. The molecule has 0 saturated carbocycles. The molecule has 2 rings (SSSR count). The van der Waals surface area contributed by atoms with Gasteiger partial charge in [-0.05, 0) is 42.0 Å². The van der Waals surface area contributed by atoms with Crippen LogP contribution in [0, 0.1) is 11.3 Å². The highest BCUT2D eigenvalue weighted by Crippen LogP contribution is 2.44. The number of ether oxygens (including phenoxy) is 1. The molecule has 1 aromatic rings. The largest absolute Gasteiger partial charge is 0.469 e. The normalized spacial score (nSPS) is 22.6. The molecule has 1 atom stereocenters. The van der Waals surface area contributed by atoms with Crippen molar-refractivity contribution in [1.82, 2.24) is 0 Å². The zero-order valence-corrected chi connectivity index (χ0v) is 10.6. The van der Waals surface area contributed by atoms with Crippen molar-refractivity contribution < 1.29 is 9.53 Å². The highest BCUT2D eigenvalue weighted by molar-refractivity contribution is 5.79. The minimum atomic E-state index is -0.412. The highest BCUT2D eigenvalue weighted by atomic mass is 16.5. The summed E-state index contributed by atoms with van der Waals surface area (Å²) in [6.07, 6.45) is 1.49. The zero-order valence-electron chi connectivity index (χ0n) is 10.6. The van der Waals surface area contributed by atoms with Crippen LogP contribution in [0.1, 0.15) is 25.0 Å². The second-order valence-electron chi connectivity index (χ2n) is 5.18. The molecule has 17 heavy (non-hydrogen) atoms. The van der Waals surface area contributed by atoms with Gasteiger partial charge in [-0.15, -0.1) is 0 Å². The lowest BCUT2D eigenvalue weighted by atomic mass is 9.74. The van der Waals surface area contributed by atoms with Crippen molar-refractivity contribution in [3.63, 3.8) is 0 Å². The van der Waals surface area contributed by atoms with Crippen molar-refractivity contribution in [2.45, 2.75) is 26.7 Å². The Bertz CT molecular complexity index is 454. The van der Waals surface area contributed by atoms with Crippen LogP contribution < -0.4 is 5.73 Å². The Hall–Kier alpha value is -1.51. The molecule has 3 heteroatoms. The number of benzene rings is 1. The number of nitrogen functional groups attached to an aromatic ring is 1. The number of rotatable bonds is 2. The van der Waals surface area contributed by atoms with Gasteiger partial charge in [-0.2, -0.15) is 0 Å². The summed E-state index contributed by atoms with van der Waals surface area (Å²) in [7, 11) is 1.46. The molecule has 3 nitrogen and oxygen atoms in total. The lowest BCUT2D eigenvalue weighted by molar-refractivity contribution is -0.155. The number of fused-ring (bicyclic) bond motifs is 1. The third kappa shape index (κ3) is 1.79. The molecule has 0 aliphatic heterocycles. The quantitative estimate of drug-likeness (QED) is 0.629. The molecule has 0 heterocycles. The molecular weight excluding hydrogens is 214 g/mol. The van der Waals surface area contributed by atoms with E-state index in [1.807, 2.05) is 18.2 Å². The number of carbonyl (C=O) groups is 1. The van der Waals surface area contributed by atoms with Crippen LogP contribution in [0.15, 0.2) is 18.2 Å². The van der Waals surface area contributed by atoms with Crippen molar-refractivity contribution in [2.75, 3.05) is 12.8 Å². The maximum atomic E-state index is 12.1. The first-order valence-corrected chi connectivity index (χ1v) is 5.95. The van der Waals surface area contributed by atoms with Gasteiger partial charge in [0, 0.05) is 5.69 Å². The number of carbonyl (C=O) groups excluding carboxylic acids is 1. The maximum Gasteiger partial charge on any atom is 0.312 e. The average molecular weight is 233 g/mol. The number of nitrogens with two attached hydrogens (primary N) is 1. The van der Waals surface area contributed by atoms with Crippen LogP contribution in [0.2, 0.25) is 0 Å². The van der Waals surface area contributed by atoms with Gasteiger partial charge in [0.15, 0.2) is 0 Å². The van der Waals surface area contributed by atoms with E-state index in [1.165, 1.54) is 18.2 Å². The van der Waals surface area contributed by atoms with E-state index in [0.717, 1.165) is 18.5 Å². The molecule has 0 spiro atoms. The first kappa shape index (κ1) is 12.0. The van der Waals surface area contributed by atoms with Crippen LogP contribution in [0.4, 0.5) is 5.69 Å². The molecule has 0 saturated heterocycles. The third-order valence-electron chi connectivity index (χ3n) is 3.94. The molecule has 1 aromatic carbocycles. The lowest BCUT2D eigenvalue weighted by Gasteiger charge is -2.30. The number of anilines is 1. The topological polar surface area (TPSA) is 52.3 Å². The van der Waals surface area contributed by atoms with Crippen molar-refractivity contribution in [3.05, 3.63) is 29.3 Å². The van der Waals surface area contributed by atoms with E-state index in [-0.39, 0.29) is 11.9 Å². The Labute approximate surface area is 102 Å². The van der Waals surface area contributed by atoms with Gasteiger partial charge in [-0.25, -0.2) is 0 Å². The molecule has 0 amide bonds. The van der Waals surface area contributed by atoms with Crippen LogP contribution in [-0.4, -0.2) is 13.1 Å². The monoisotopic (exact) mass is 233 g/mol. The molecule has 0 aromatic heterocycles. The minimum Gasteiger partial charge on any atom is -0.469 e. The van der Waals surface area contributed by atoms with Crippen LogP contribution in [0.3, 0.4) is 0 Å². The summed E-state index contributed by atoms with van der Waals surface area (Å²) < 4.78 is 4.99. The van der Waals surface area contributed by atoms with E-state index in [2.05, 4.69) is 13.8 Å². The van der Waals surface area contributed by atoms with Gasteiger partial charge in [0.05, 0.1) is 12.5 Å². The van der Waals surface area contributed by atoms with Gasteiger partial charge >= 0.3 is 5.97 Å². The lowest BCUT2D eigenvalue weighted by Crippen LogP contribution is -2.38. The SMILES string of the molecule is COC(=O)C1(C(C)C)Cc2ccc(N)cc2C1. The fraction of sp³-hybridized carbons (Fsp3) is 0.500. The molecule has 92 valence electrons. The summed E-state index contributed by atoms with van der Waals surface area (Å²) in [6.45, 7) is 4.15. The molecule has 2 N–H and O–H groups in total. The van der Waals surface area contributed by atoms with Gasteiger partial charge in [0.25, 0.3) is 0 Å². The van der Waals surface area contributed by atoms with E-state index < -0.39 is 5.41 Å². The smallest absolute Gasteiger partial charge is 0.312 e. The second-order valence-corrected chi connectivity index (χ2v) is 5.18. The Balaban J connectivity index is 2.40. The minimum absolute atomic E-state index is 0.109. The van der Waals surface area contributed by atoms with Crippen LogP contribution >= 0.6 is 0 Å². The average Bonchev–Trinajstić information content (AvgIpc) is 2.67. The van der Waals surface area contributed by atoms with Crippen molar-refractivity contribution >= 4 is 11.7 Å². The number of hydrogen-bond donors (Lipinski definition) is 1. The van der Waals surface area contributed by atoms with Crippen molar-refractivity contribution in [3.8, 4) is 0 Å². The fourth-order valence-corrected chi connectivity index (χ4v) is 2.72. The third-order valence-corrected chi connectivity index (χ3v) is 3.94. The first-order valence-electron chi connectivity index (χ1n) is 5.95. The van der Waals surface area contributed by atoms with Gasteiger partial charge in [0.1, 0.15) is 0 Å². The van der Waals surface area contributed by atoms with Gasteiger partial charge in [-0.3, -0.25) is 4.79 Å². The summed E-state index contributed by atoms with van der Waals surface area (Å²) in [5.74, 6) is 0.144. The standard InChI is InChI=1S/C14H19NO2/c1-9(2)14(13(16)17-3)7-10-4-5-12(15)6-11(10)8-14/h4-6,9H,7-8,15H2,1-3H3. The molecule has 0 fully saturated rings. The van der Waals surface area contributed by atoms with Crippen LogP contribution in [0.25, 0.3) is 0 Å². The number of hydrogen-bond acceptors (Lipinski definition) is 3. The van der Waals surface area contributed by atoms with Crippen molar-refractivity contribution in [2.24, 2.45) is 11.3 Å². The summed E-state index contributed by atoms with van der Waals surface area (Å²) in [5.41, 5.74) is 8.54. The van der Waals surface area contributed by atoms with Gasteiger partial charge in [0.2, 0.25) is 0 Å². The van der Waals surface area contributed by atoms with Crippen molar-refractivity contribution in [1.29, 1.82) is 0 Å². The molecule has 1 aliphatic carbocycles. The summed E-state index contributed by atoms with van der Waals surface area (Å²) >= 11 is 0. The predicted molar refractivity (Wildman–Crippen MR) is 67.5 cm³/mol. The summed E-state index contributed by atoms with van der Waals surface area (Å²) in [5, 5.41) is 0. The molecule has 1 aliphatic rings. The fourth-order valence-electron chi connectivity index (χ4n) is 2.72. The Morgan fingerprint density at radius 2 is 2.00 bits per heavy atom. The number of esters is 1. The van der Waals surface area contributed by atoms with Crippen LogP contribution in [-0.2, 0) is 22.4 Å². The van der Waals surface area contributed by atoms with E-state index in [9.17, 15) is 4.79 Å². The van der Waals surface area contributed by atoms with E-state index >= 15 is 0 Å². The molecule has 1 unspecified atom stereocenters. The van der Waals surface area contributed by atoms with Gasteiger partial charge in [-0.1, -0.05) is 19.9 Å². The van der Waals surface area contributed by atoms with Gasteiger partial charge < -0.3 is 10.5 Å². The predicted octanol–water partition coefficient (Wildman–Crippen LogP) is 2.18. The first-order chi connectivity index (χ1) is 7.99. The Morgan fingerprint density at radius 1 is 1.35 bits per heavy atom. The maximum absolute atomic E-state index is 12.1. The summed E-state index contributed by atoms with van der Waals surface area (Å²) in [4.78, 5) is 12.1. The second kappa shape index (κ2) is 4.06. The molecule has 0 bridgehead atoms. The van der Waals surface area contributed by atoms with Crippen LogP contribution in [0.5, 0.6) is 0 Å². The Morgan fingerprint density at radius 3 is 2.59 bits per heavy atom. The van der Waals surface area contributed by atoms with E-state index in [0.29, 0.717) is 0 Å². The van der Waals surface area contributed by atoms with E-state index in [4.69, 9.17) is 10.5 Å². The van der Waals surface area contributed by atoms with E-state index in [1.54, 1.807) is 0 Å². The molecular formula is C14H19NO2. The Kier molecular flexibility index (Phi) is 2.86.